The van der Waals surface area contributed by atoms with Gasteiger partial charge in [0.1, 0.15) is 11.6 Å². The maximum absolute atomic E-state index is 9.67. The molecule has 1 aromatic carbocycles. The molecule has 0 bridgehead atoms. The van der Waals surface area contributed by atoms with Crippen LogP contribution in [-0.2, 0) is 6.42 Å². The average Bonchev–Trinajstić information content (AvgIpc) is 2.17. The molecule has 3 N–H and O–H groups in total. The fourth-order valence-corrected chi connectivity index (χ4v) is 1.65. The molecule has 0 saturated heterocycles. The Hall–Kier alpha value is -1.68. The van der Waals surface area contributed by atoms with E-state index in [0.717, 1.165) is 22.4 Å². The smallest absolute Gasteiger partial charge is 0.130 e. The van der Waals surface area contributed by atoms with Crippen molar-refractivity contribution in [2.24, 2.45) is 5.73 Å². The number of phenols is 1. The van der Waals surface area contributed by atoms with Crippen LogP contribution in [0.25, 0.3) is 10.9 Å². The number of nitrogens with two attached hydrogens (primary N) is 1. The zero-order valence-corrected chi connectivity index (χ0v) is 8.57. The van der Waals surface area contributed by atoms with Gasteiger partial charge in [-0.1, -0.05) is 6.07 Å². The maximum Gasteiger partial charge on any atom is 0.130 e. The van der Waals surface area contributed by atoms with Crippen molar-refractivity contribution in [2.75, 3.05) is 6.54 Å². The standard InChI is InChI=1S/C11H13N3O/c1-7-11-8(3-2-4-9(11)15)14-10(13-7)5-6-12/h2-4,15H,5-6,12H2,1H3. The Kier molecular flexibility index (Phi) is 2.51. The first-order valence-corrected chi connectivity index (χ1v) is 4.87. The summed E-state index contributed by atoms with van der Waals surface area (Å²) in [7, 11) is 0. The molecule has 4 heteroatoms. The van der Waals surface area contributed by atoms with Crippen LogP contribution in [0.4, 0.5) is 0 Å². The fraction of sp³-hybridized carbons (Fsp3) is 0.273. The Bertz CT molecular complexity index is 496. The van der Waals surface area contributed by atoms with Crippen LogP contribution in [0.15, 0.2) is 18.2 Å². The van der Waals surface area contributed by atoms with E-state index in [4.69, 9.17) is 5.73 Å². The summed E-state index contributed by atoms with van der Waals surface area (Å²) in [5.74, 6) is 0.956. The number of phenolic OH excluding ortho intramolecular Hbond substituents is 1. The number of rotatable bonds is 2. The molecule has 0 amide bonds. The normalized spacial score (nSPS) is 10.8. The van der Waals surface area contributed by atoms with E-state index in [2.05, 4.69) is 9.97 Å². The van der Waals surface area contributed by atoms with Crippen LogP contribution in [0.2, 0.25) is 0 Å². The number of fused-ring (bicyclic) bond motifs is 1. The summed E-state index contributed by atoms with van der Waals surface area (Å²) in [6.45, 7) is 2.40. The number of hydrogen-bond donors (Lipinski definition) is 2. The molecule has 0 radical (unpaired) electrons. The largest absolute Gasteiger partial charge is 0.507 e. The van der Waals surface area contributed by atoms with Gasteiger partial charge in [-0.2, -0.15) is 0 Å². The first-order valence-electron chi connectivity index (χ1n) is 4.87. The Morgan fingerprint density at radius 3 is 2.87 bits per heavy atom. The molecule has 2 rings (SSSR count). The Balaban J connectivity index is 2.67. The Morgan fingerprint density at radius 1 is 1.33 bits per heavy atom. The number of aromatic hydroxyl groups is 1. The summed E-state index contributed by atoms with van der Waals surface area (Å²) in [5, 5.41) is 10.4. The van der Waals surface area contributed by atoms with Gasteiger partial charge in [-0.15, -0.1) is 0 Å². The highest BCUT2D eigenvalue weighted by molar-refractivity contribution is 5.86. The van der Waals surface area contributed by atoms with E-state index in [0.29, 0.717) is 13.0 Å². The predicted octanol–water partition coefficient (Wildman–Crippen LogP) is 1.15. The fourth-order valence-electron chi connectivity index (χ4n) is 1.65. The van der Waals surface area contributed by atoms with E-state index in [1.54, 1.807) is 12.1 Å². The minimum Gasteiger partial charge on any atom is -0.507 e. The van der Waals surface area contributed by atoms with Gasteiger partial charge in [0.25, 0.3) is 0 Å². The molecule has 2 aromatic rings. The van der Waals surface area contributed by atoms with Crippen molar-refractivity contribution in [3.05, 3.63) is 29.7 Å². The Labute approximate surface area is 87.8 Å². The van der Waals surface area contributed by atoms with Crippen LogP contribution >= 0.6 is 0 Å². The SMILES string of the molecule is Cc1nc(CCN)nc2cccc(O)c12. The molecule has 0 fully saturated rings. The van der Waals surface area contributed by atoms with Gasteiger partial charge in [0, 0.05) is 6.42 Å². The third-order valence-corrected chi connectivity index (χ3v) is 2.30. The third-order valence-electron chi connectivity index (χ3n) is 2.30. The second kappa shape index (κ2) is 3.82. The summed E-state index contributed by atoms with van der Waals surface area (Å²) in [5.41, 5.74) is 7.02. The van der Waals surface area contributed by atoms with Gasteiger partial charge in [0.15, 0.2) is 0 Å². The van der Waals surface area contributed by atoms with Crippen molar-refractivity contribution < 1.29 is 5.11 Å². The summed E-state index contributed by atoms with van der Waals surface area (Å²) in [6, 6.07) is 5.28. The lowest BCUT2D eigenvalue weighted by atomic mass is 10.1. The van der Waals surface area contributed by atoms with Gasteiger partial charge in [0.05, 0.1) is 16.6 Å². The highest BCUT2D eigenvalue weighted by atomic mass is 16.3. The molecule has 0 aliphatic rings. The van der Waals surface area contributed by atoms with Crippen molar-refractivity contribution in [1.29, 1.82) is 0 Å². The molecule has 0 unspecified atom stereocenters. The quantitative estimate of drug-likeness (QED) is 0.767. The number of hydrogen-bond acceptors (Lipinski definition) is 4. The van der Waals surface area contributed by atoms with E-state index in [1.165, 1.54) is 0 Å². The molecule has 0 saturated carbocycles. The van der Waals surface area contributed by atoms with Gasteiger partial charge in [-0.05, 0) is 25.6 Å². The molecular weight excluding hydrogens is 190 g/mol. The van der Waals surface area contributed by atoms with Gasteiger partial charge in [-0.25, -0.2) is 9.97 Å². The Morgan fingerprint density at radius 2 is 2.13 bits per heavy atom. The van der Waals surface area contributed by atoms with E-state index < -0.39 is 0 Å². The zero-order valence-electron chi connectivity index (χ0n) is 8.57. The lowest BCUT2D eigenvalue weighted by Gasteiger charge is -2.05. The van der Waals surface area contributed by atoms with E-state index >= 15 is 0 Å². The average molecular weight is 203 g/mol. The number of benzene rings is 1. The molecule has 0 aliphatic carbocycles. The second-order valence-electron chi connectivity index (χ2n) is 3.44. The van der Waals surface area contributed by atoms with Gasteiger partial charge >= 0.3 is 0 Å². The highest BCUT2D eigenvalue weighted by Crippen LogP contribution is 2.25. The molecule has 4 nitrogen and oxygen atoms in total. The highest BCUT2D eigenvalue weighted by Gasteiger charge is 2.07. The second-order valence-corrected chi connectivity index (χ2v) is 3.44. The molecule has 15 heavy (non-hydrogen) atoms. The van der Waals surface area contributed by atoms with Crippen molar-refractivity contribution in [3.8, 4) is 5.75 Å². The van der Waals surface area contributed by atoms with Crippen molar-refractivity contribution >= 4 is 10.9 Å². The summed E-state index contributed by atoms with van der Waals surface area (Å²) < 4.78 is 0. The van der Waals surface area contributed by atoms with Gasteiger partial charge < -0.3 is 10.8 Å². The lowest BCUT2D eigenvalue weighted by molar-refractivity contribution is 0.481. The number of aromatic nitrogens is 2. The minimum absolute atomic E-state index is 0.226. The van der Waals surface area contributed by atoms with Crippen LogP contribution in [0, 0.1) is 6.92 Å². The molecule has 78 valence electrons. The van der Waals surface area contributed by atoms with Crippen LogP contribution in [-0.4, -0.2) is 21.6 Å². The maximum atomic E-state index is 9.67. The number of nitrogens with zero attached hydrogens (tertiary/aromatic N) is 2. The van der Waals surface area contributed by atoms with Crippen LogP contribution in [0.3, 0.4) is 0 Å². The van der Waals surface area contributed by atoms with Crippen LogP contribution < -0.4 is 5.73 Å². The summed E-state index contributed by atoms with van der Waals surface area (Å²) >= 11 is 0. The first-order chi connectivity index (χ1) is 7.22. The van der Waals surface area contributed by atoms with Crippen LogP contribution in [0.1, 0.15) is 11.5 Å². The van der Waals surface area contributed by atoms with Crippen LogP contribution in [0.5, 0.6) is 5.75 Å². The predicted molar refractivity (Wildman–Crippen MR) is 58.7 cm³/mol. The van der Waals surface area contributed by atoms with E-state index in [-0.39, 0.29) is 5.75 Å². The first kappa shape index (κ1) is 9.86. The molecule has 0 spiro atoms. The third kappa shape index (κ3) is 1.76. The van der Waals surface area contributed by atoms with Gasteiger partial charge in [0.2, 0.25) is 0 Å². The summed E-state index contributed by atoms with van der Waals surface area (Å²) in [6.07, 6.45) is 0.659. The molecule has 1 heterocycles. The molecule has 0 atom stereocenters. The molecule has 1 aromatic heterocycles. The summed E-state index contributed by atoms with van der Waals surface area (Å²) in [4.78, 5) is 8.64. The number of aryl methyl sites for hydroxylation is 1. The van der Waals surface area contributed by atoms with E-state index in [9.17, 15) is 5.11 Å². The molecular formula is C11H13N3O. The monoisotopic (exact) mass is 203 g/mol. The molecule has 0 aliphatic heterocycles. The lowest BCUT2D eigenvalue weighted by Crippen LogP contribution is -2.07. The minimum atomic E-state index is 0.226. The van der Waals surface area contributed by atoms with Crippen molar-refractivity contribution in [1.82, 2.24) is 9.97 Å². The zero-order chi connectivity index (χ0) is 10.8. The topological polar surface area (TPSA) is 72.0 Å². The van der Waals surface area contributed by atoms with Crippen molar-refractivity contribution in [2.45, 2.75) is 13.3 Å². The van der Waals surface area contributed by atoms with Crippen molar-refractivity contribution in [3.63, 3.8) is 0 Å². The van der Waals surface area contributed by atoms with E-state index in [1.807, 2.05) is 13.0 Å². The van der Waals surface area contributed by atoms with Gasteiger partial charge in [-0.3, -0.25) is 0 Å².